The zero-order chi connectivity index (χ0) is 26.3. The molecule has 0 unspecified atom stereocenters. The predicted molar refractivity (Wildman–Crippen MR) is 129 cm³/mol. The lowest BCUT2D eigenvalue weighted by Crippen LogP contribution is -2.61. The number of aliphatic hydroxyl groups is 1. The van der Waals surface area contributed by atoms with Crippen LogP contribution in [-0.2, 0) is 11.3 Å². The number of benzene rings is 2. The Morgan fingerprint density at radius 2 is 1.53 bits per heavy atom. The molecule has 2 atom stereocenters. The van der Waals surface area contributed by atoms with Crippen LogP contribution in [0.25, 0.3) is 0 Å². The molecule has 1 aliphatic heterocycles. The van der Waals surface area contributed by atoms with Gasteiger partial charge in [-0.1, -0.05) is 24.0 Å². The molecular weight excluding hydrogens is 470 g/mol. The Bertz CT molecular complexity index is 1100. The van der Waals surface area contributed by atoms with Gasteiger partial charge in [0.15, 0.2) is 5.60 Å². The molecule has 3 rings (SSSR count). The molecule has 1 aliphatic rings. The van der Waals surface area contributed by atoms with Crippen LogP contribution in [0.3, 0.4) is 0 Å². The van der Waals surface area contributed by atoms with E-state index in [9.17, 15) is 23.5 Å². The van der Waals surface area contributed by atoms with E-state index in [4.69, 9.17) is 5.21 Å². The second kappa shape index (κ2) is 12.1. The largest absolute Gasteiger partial charge is 0.381 e. The van der Waals surface area contributed by atoms with E-state index in [2.05, 4.69) is 40.8 Å². The third-order valence-electron chi connectivity index (χ3n) is 6.13. The van der Waals surface area contributed by atoms with Crippen molar-refractivity contribution in [3.63, 3.8) is 0 Å². The maximum Gasteiger partial charge on any atom is 0.269 e. The summed E-state index contributed by atoms with van der Waals surface area (Å²) in [6.45, 7) is 5.83. The Morgan fingerprint density at radius 1 is 1.00 bits per heavy atom. The van der Waals surface area contributed by atoms with E-state index in [1.54, 1.807) is 12.1 Å². The van der Waals surface area contributed by atoms with Crippen molar-refractivity contribution in [2.75, 3.05) is 33.2 Å². The van der Waals surface area contributed by atoms with E-state index in [0.29, 0.717) is 12.5 Å². The van der Waals surface area contributed by atoms with Gasteiger partial charge in [-0.15, -0.1) is 0 Å². The lowest BCUT2D eigenvalue weighted by molar-refractivity contribution is -0.149. The van der Waals surface area contributed by atoms with Gasteiger partial charge in [-0.2, -0.15) is 0 Å². The van der Waals surface area contributed by atoms with Crippen LogP contribution in [0, 0.1) is 11.8 Å². The van der Waals surface area contributed by atoms with Crippen molar-refractivity contribution in [3.8, 4) is 11.8 Å². The van der Waals surface area contributed by atoms with E-state index in [-0.39, 0.29) is 5.56 Å². The summed E-state index contributed by atoms with van der Waals surface area (Å²) in [7, 11) is 2.13. The molecular formula is C26H30F2N4O4. The Labute approximate surface area is 208 Å². The molecule has 10 heteroatoms. The number of hydrogen-bond donors (Lipinski definition) is 4. The monoisotopic (exact) mass is 500 g/mol. The molecule has 1 saturated heterocycles. The smallest absolute Gasteiger partial charge is 0.269 e. The quantitative estimate of drug-likeness (QED) is 0.261. The molecule has 0 spiro atoms. The van der Waals surface area contributed by atoms with E-state index in [0.717, 1.165) is 38.3 Å². The maximum absolute atomic E-state index is 13.1. The summed E-state index contributed by atoms with van der Waals surface area (Å²) in [6, 6.07) is 12.0. The van der Waals surface area contributed by atoms with Gasteiger partial charge in [0.1, 0.15) is 6.04 Å². The zero-order valence-corrected chi connectivity index (χ0v) is 20.2. The fraction of sp³-hybridized carbons (Fsp3) is 0.385. The molecule has 0 saturated carbocycles. The third kappa shape index (κ3) is 7.08. The number of nitrogens with one attached hydrogen (secondary N) is 2. The van der Waals surface area contributed by atoms with Crippen LogP contribution < -0.4 is 10.8 Å². The van der Waals surface area contributed by atoms with Gasteiger partial charge in [0.05, 0.1) is 0 Å². The highest BCUT2D eigenvalue weighted by atomic mass is 19.3. The van der Waals surface area contributed by atoms with Gasteiger partial charge in [-0.3, -0.25) is 19.7 Å². The summed E-state index contributed by atoms with van der Waals surface area (Å²) in [5.41, 5.74) is 1.03. The first-order valence-electron chi connectivity index (χ1n) is 11.5. The number of piperazine rings is 1. The number of carbonyl (C=O) groups is 2. The summed E-state index contributed by atoms with van der Waals surface area (Å²) >= 11 is 0. The number of nitrogens with zero attached hydrogens (tertiary/aromatic N) is 2. The molecule has 0 bridgehead atoms. The number of likely N-dealkylation sites (N-methyl/N-ethyl adjacent to an activating group) is 1. The minimum atomic E-state index is -3.35. The highest BCUT2D eigenvalue weighted by Crippen LogP contribution is 2.20. The molecule has 2 aromatic rings. The number of halogens is 2. The van der Waals surface area contributed by atoms with Crippen molar-refractivity contribution in [2.24, 2.45) is 0 Å². The number of hydrogen-bond acceptors (Lipinski definition) is 6. The molecule has 8 nitrogen and oxygen atoms in total. The van der Waals surface area contributed by atoms with Gasteiger partial charge < -0.3 is 15.3 Å². The average Bonchev–Trinajstić information content (AvgIpc) is 2.87. The highest BCUT2D eigenvalue weighted by Gasteiger charge is 2.46. The SMILES string of the molecule is CN1CCN(Cc2ccc(C#Cc3ccc(C(=O)N[C@H](C(=O)NO)[C@](C)(O)C(F)F)cc3)cc2)CC1. The van der Waals surface area contributed by atoms with Crippen molar-refractivity contribution in [3.05, 3.63) is 70.8 Å². The van der Waals surface area contributed by atoms with Gasteiger partial charge in [-0.05, 0) is 55.9 Å². The van der Waals surface area contributed by atoms with Gasteiger partial charge in [-0.25, -0.2) is 14.3 Å². The molecule has 0 aliphatic carbocycles. The van der Waals surface area contributed by atoms with E-state index in [1.165, 1.54) is 23.2 Å². The van der Waals surface area contributed by atoms with Gasteiger partial charge in [0.25, 0.3) is 18.2 Å². The van der Waals surface area contributed by atoms with Crippen LogP contribution in [0.1, 0.15) is 34.0 Å². The minimum absolute atomic E-state index is 0.0645. The topological polar surface area (TPSA) is 105 Å². The van der Waals surface area contributed by atoms with Crippen LogP contribution in [0.5, 0.6) is 0 Å². The summed E-state index contributed by atoms with van der Waals surface area (Å²) in [4.78, 5) is 28.9. The molecule has 2 amide bonds. The Balaban J connectivity index is 1.61. The standard InChI is InChI=1S/C26H30F2N4O4/c1-26(35,25(27)28)22(24(34)30-36)29-23(33)21-11-9-19(10-12-21)4-3-18-5-7-20(8-6-18)17-32-15-13-31(2)14-16-32/h5-12,22,25,35-36H,13-17H2,1-2H3,(H,29,33)(H,30,34)/t22-,26+/m1/s1. The van der Waals surface area contributed by atoms with Crippen LogP contribution in [-0.4, -0.2) is 83.2 Å². The van der Waals surface area contributed by atoms with Crippen molar-refractivity contribution in [1.29, 1.82) is 0 Å². The highest BCUT2D eigenvalue weighted by molar-refractivity contribution is 5.97. The van der Waals surface area contributed by atoms with Crippen LogP contribution in [0.15, 0.2) is 48.5 Å². The minimum Gasteiger partial charge on any atom is -0.381 e. The lowest BCUT2D eigenvalue weighted by atomic mass is 9.95. The fourth-order valence-electron chi connectivity index (χ4n) is 3.69. The number of rotatable bonds is 7. The van der Waals surface area contributed by atoms with Crippen molar-refractivity contribution >= 4 is 11.8 Å². The van der Waals surface area contributed by atoms with Crippen LogP contribution >= 0.6 is 0 Å². The molecule has 4 N–H and O–H groups in total. The molecule has 36 heavy (non-hydrogen) atoms. The Kier molecular flexibility index (Phi) is 9.12. The first-order chi connectivity index (χ1) is 17.1. The van der Waals surface area contributed by atoms with Gasteiger partial charge in [0.2, 0.25) is 0 Å². The molecule has 192 valence electrons. The molecule has 1 fully saturated rings. The van der Waals surface area contributed by atoms with Crippen LogP contribution in [0.4, 0.5) is 8.78 Å². The first kappa shape index (κ1) is 27.2. The maximum atomic E-state index is 13.1. The molecule has 0 aromatic heterocycles. The second-order valence-electron chi connectivity index (χ2n) is 9.01. The van der Waals surface area contributed by atoms with E-state index in [1.807, 2.05) is 17.4 Å². The number of alkyl halides is 2. The number of amides is 2. The summed E-state index contributed by atoms with van der Waals surface area (Å²) in [6.07, 6.45) is -3.35. The van der Waals surface area contributed by atoms with E-state index < -0.39 is 29.9 Å². The predicted octanol–water partition coefficient (Wildman–Crippen LogP) is 1.45. The first-order valence-corrected chi connectivity index (χ1v) is 11.5. The summed E-state index contributed by atoms with van der Waals surface area (Å²) in [5, 5.41) is 20.8. The third-order valence-corrected chi connectivity index (χ3v) is 6.13. The van der Waals surface area contributed by atoms with Crippen molar-refractivity contribution < 1.29 is 28.7 Å². The lowest BCUT2D eigenvalue weighted by Gasteiger charge is -2.32. The number of hydroxylamine groups is 1. The summed E-state index contributed by atoms with van der Waals surface area (Å²) in [5.74, 6) is 3.83. The normalized spacial score (nSPS) is 17.0. The number of carbonyl (C=O) groups excluding carboxylic acids is 2. The Hall–Kier alpha value is -3.36. The molecule has 2 aromatic carbocycles. The average molecular weight is 501 g/mol. The zero-order valence-electron chi connectivity index (χ0n) is 20.2. The second-order valence-corrected chi connectivity index (χ2v) is 9.01. The Morgan fingerprint density at radius 3 is 2.03 bits per heavy atom. The fourth-order valence-corrected chi connectivity index (χ4v) is 3.69. The summed E-state index contributed by atoms with van der Waals surface area (Å²) < 4.78 is 26.3. The van der Waals surface area contributed by atoms with Gasteiger partial charge in [0, 0.05) is 49.4 Å². The van der Waals surface area contributed by atoms with E-state index >= 15 is 0 Å². The molecule has 1 heterocycles. The van der Waals surface area contributed by atoms with Crippen LogP contribution in [0.2, 0.25) is 0 Å². The van der Waals surface area contributed by atoms with Gasteiger partial charge >= 0.3 is 0 Å². The van der Waals surface area contributed by atoms with Crippen molar-refractivity contribution in [2.45, 2.75) is 31.5 Å². The van der Waals surface area contributed by atoms with Crippen molar-refractivity contribution in [1.82, 2.24) is 20.6 Å². The molecule has 0 radical (unpaired) electrons.